The Balaban J connectivity index is 1.39. The molecule has 44 heavy (non-hydrogen) atoms. The molecule has 7 rings (SSSR count). The van der Waals surface area contributed by atoms with E-state index in [0.29, 0.717) is 41.3 Å². The van der Waals surface area contributed by atoms with E-state index in [-0.39, 0.29) is 11.5 Å². The summed E-state index contributed by atoms with van der Waals surface area (Å²) in [5, 5.41) is 21.1. The molecule has 0 radical (unpaired) electrons. The van der Waals surface area contributed by atoms with Crippen molar-refractivity contribution in [2.24, 2.45) is 0 Å². The fourth-order valence-electron chi connectivity index (χ4n) is 8.38. The van der Waals surface area contributed by atoms with E-state index in [0.717, 1.165) is 79.4 Å². The van der Waals surface area contributed by atoms with Gasteiger partial charge >= 0.3 is 0 Å². The first-order valence-electron chi connectivity index (χ1n) is 16.0. The van der Waals surface area contributed by atoms with Gasteiger partial charge in [-0.05, 0) is 103 Å². The van der Waals surface area contributed by atoms with E-state index in [4.69, 9.17) is 36.2 Å². The summed E-state index contributed by atoms with van der Waals surface area (Å²) in [6.45, 7) is 7.30. The summed E-state index contributed by atoms with van der Waals surface area (Å²) in [6, 6.07) is 4.54. The van der Waals surface area contributed by atoms with Crippen molar-refractivity contribution in [3.63, 3.8) is 0 Å². The largest absolute Gasteiger partial charge is 0.397 e. The van der Waals surface area contributed by atoms with Crippen LogP contribution in [0.15, 0.2) is 22.9 Å². The molecule has 0 amide bonds. The second-order valence-corrected chi connectivity index (χ2v) is 14.0. The first kappa shape index (κ1) is 29.0. The summed E-state index contributed by atoms with van der Waals surface area (Å²) in [6.07, 6.45) is 9.87. The number of rotatable bonds is 6. The van der Waals surface area contributed by atoms with Crippen molar-refractivity contribution < 1.29 is 9.63 Å². The molecule has 1 aliphatic heterocycles. The Morgan fingerprint density at radius 3 is 2.66 bits per heavy atom. The Kier molecular flexibility index (Phi) is 6.89. The standard InChI is InChI=1S/C33H45N9O2/c1-19(24-11-8-16-40(24)4)42-31-22(17-36-42)30(41(5)18-32(2,3)43)37-29(38-31)27-21-10-7-15-33(28(21)44-39-27)14-6-9-20-12-13-23(34)26(35)25(20)33/h12-13,17,19,24,43H,6-11,14-16,18,34-35H2,1-5H3/t19-,24-,33+/m0/s1. The van der Waals surface area contributed by atoms with Gasteiger partial charge in [0, 0.05) is 25.2 Å². The van der Waals surface area contributed by atoms with Gasteiger partial charge in [0.1, 0.15) is 5.82 Å². The Labute approximate surface area is 258 Å². The zero-order valence-electron chi connectivity index (χ0n) is 26.6. The van der Waals surface area contributed by atoms with E-state index in [1.54, 1.807) is 13.8 Å². The molecular weight excluding hydrogens is 554 g/mol. The number of nitrogen functional groups attached to an aromatic ring is 2. The van der Waals surface area contributed by atoms with Gasteiger partial charge < -0.3 is 30.9 Å². The van der Waals surface area contributed by atoms with E-state index in [1.807, 2.05) is 28.9 Å². The number of nitrogens with zero attached hydrogens (tertiary/aromatic N) is 7. The van der Waals surface area contributed by atoms with Crippen LogP contribution < -0.4 is 16.4 Å². The van der Waals surface area contributed by atoms with Crippen LogP contribution in [0.1, 0.15) is 87.8 Å². The predicted octanol–water partition coefficient (Wildman–Crippen LogP) is 4.47. The summed E-state index contributed by atoms with van der Waals surface area (Å²) in [5.41, 5.74) is 17.9. The van der Waals surface area contributed by atoms with Gasteiger partial charge in [0.15, 0.2) is 22.9 Å². The Morgan fingerprint density at radius 2 is 1.93 bits per heavy atom. The van der Waals surface area contributed by atoms with Gasteiger partial charge in [-0.1, -0.05) is 11.2 Å². The van der Waals surface area contributed by atoms with Crippen LogP contribution in [0.5, 0.6) is 0 Å². The van der Waals surface area contributed by atoms with Crippen LogP contribution in [-0.2, 0) is 18.3 Å². The van der Waals surface area contributed by atoms with Crippen LogP contribution in [0.3, 0.4) is 0 Å². The highest BCUT2D eigenvalue weighted by molar-refractivity contribution is 5.89. The summed E-state index contributed by atoms with van der Waals surface area (Å²) < 4.78 is 8.37. The molecule has 11 heteroatoms. The molecule has 3 aromatic heterocycles. The number of fused-ring (bicyclic) bond motifs is 5. The molecule has 0 unspecified atom stereocenters. The minimum atomic E-state index is -0.919. The van der Waals surface area contributed by atoms with Gasteiger partial charge in [-0.15, -0.1) is 0 Å². The van der Waals surface area contributed by atoms with Crippen LogP contribution in [0, 0.1) is 0 Å². The number of anilines is 3. The number of likely N-dealkylation sites (N-methyl/N-ethyl adjacent to an activating group) is 2. The molecule has 5 N–H and O–H groups in total. The van der Waals surface area contributed by atoms with E-state index in [2.05, 4.69) is 24.9 Å². The van der Waals surface area contributed by atoms with Gasteiger partial charge in [0.25, 0.3) is 0 Å². The fourth-order valence-corrected chi connectivity index (χ4v) is 8.38. The van der Waals surface area contributed by atoms with Gasteiger partial charge in [0.2, 0.25) is 0 Å². The van der Waals surface area contributed by atoms with Crippen molar-refractivity contribution in [3.05, 3.63) is 40.8 Å². The van der Waals surface area contributed by atoms with Crippen molar-refractivity contribution in [1.82, 2.24) is 29.8 Å². The van der Waals surface area contributed by atoms with E-state index in [9.17, 15) is 5.11 Å². The van der Waals surface area contributed by atoms with E-state index < -0.39 is 5.60 Å². The van der Waals surface area contributed by atoms with Crippen LogP contribution in [-0.4, -0.2) is 73.7 Å². The second kappa shape index (κ2) is 10.4. The van der Waals surface area contributed by atoms with E-state index in [1.165, 1.54) is 12.0 Å². The molecule has 2 aliphatic carbocycles. The van der Waals surface area contributed by atoms with Crippen LogP contribution >= 0.6 is 0 Å². The van der Waals surface area contributed by atoms with Gasteiger partial charge in [-0.3, -0.25) is 0 Å². The maximum absolute atomic E-state index is 10.7. The highest BCUT2D eigenvalue weighted by Gasteiger charge is 2.47. The molecule has 1 aromatic carbocycles. The molecule has 0 saturated carbocycles. The zero-order chi connectivity index (χ0) is 31.0. The topological polar surface area (TPSA) is 148 Å². The summed E-state index contributed by atoms with van der Waals surface area (Å²) >= 11 is 0. The number of hydrogen-bond donors (Lipinski definition) is 3. The molecule has 1 spiro atoms. The molecule has 1 saturated heterocycles. The Hall–Kier alpha value is -3.70. The first-order chi connectivity index (χ1) is 21.0. The summed E-state index contributed by atoms with van der Waals surface area (Å²) in [5.74, 6) is 2.11. The number of likely N-dealkylation sites (tertiary alicyclic amines) is 1. The molecular formula is C33H45N9O2. The summed E-state index contributed by atoms with van der Waals surface area (Å²) in [7, 11) is 4.14. The second-order valence-electron chi connectivity index (χ2n) is 14.0. The smallest absolute Gasteiger partial charge is 0.186 e. The molecule has 3 atom stereocenters. The van der Waals surface area contributed by atoms with Gasteiger partial charge in [0.05, 0.1) is 40.0 Å². The van der Waals surface area contributed by atoms with Crippen LogP contribution in [0.25, 0.3) is 22.6 Å². The van der Waals surface area contributed by atoms with Crippen molar-refractivity contribution in [2.45, 2.75) is 95.2 Å². The lowest BCUT2D eigenvalue weighted by Crippen LogP contribution is -2.37. The van der Waals surface area contributed by atoms with E-state index >= 15 is 0 Å². The zero-order valence-corrected chi connectivity index (χ0v) is 26.6. The normalized spacial score (nSPS) is 22.8. The SMILES string of the molecule is C[C@@H]([C@@H]1CCCN1C)n1ncc2c(N(C)CC(C)(C)O)nc(-c3noc4c3CCC[C@@]43CCCc4ccc(N)c(N)c43)nc21. The first-order valence-corrected chi connectivity index (χ1v) is 16.0. The van der Waals surface area contributed by atoms with Gasteiger partial charge in [-0.2, -0.15) is 5.10 Å². The number of hydrogen-bond acceptors (Lipinski definition) is 10. The summed E-state index contributed by atoms with van der Waals surface area (Å²) in [4.78, 5) is 14.7. The number of aliphatic hydroxyl groups is 1. The van der Waals surface area contributed by atoms with Crippen molar-refractivity contribution in [2.75, 3.05) is 43.6 Å². The lowest BCUT2D eigenvalue weighted by molar-refractivity contribution is 0.0885. The molecule has 4 heterocycles. The molecule has 3 aliphatic rings. The van der Waals surface area contributed by atoms with Crippen molar-refractivity contribution in [1.29, 1.82) is 0 Å². The minimum Gasteiger partial charge on any atom is -0.397 e. The predicted molar refractivity (Wildman–Crippen MR) is 173 cm³/mol. The highest BCUT2D eigenvalue weighted by Crippen LogP contribution is 2.54. The molecule has 234 valence electrons. The lowest BCUT2D eigenvalue weighted by Gasteiger charge is -2.41. The number of nitrogens with two attached hydrogens (primary N) is 2. The molecule has 4 aromatic rings. The van der Waals surface area contributed by atoms with Crippen LogP contribution in [0.4, 0.5) is 17.2 Å². The lowest BCUT2D eigenvalue weighted by atomic mass is 9.62. The van der Waals surface area contributed by atoms with Crippen molar-refractivity contribution in [3.8, 4) is 11.5 Å². The van der Waals surface area contributed by atoms with Crippen molar-refractivity contribution >= 4 is 28.2 Å². The Bertz CT molecular complexity index is 1720. The molecule has 0 bridgehead atoms. The third-order valence-corrected chi connectivity index (χ3v) is 10.3. The maximum atomic E-state index is 10.7. The third-order valence-electron chi connectivity index (χ3n) is 10.3. The monoisotopic (exact) mass is 599 g/mol. The van der Waals surface area contributed by atoms with Crippen LogP contribution in [0.2, 0.25) is 0 Å². The minimum absolute atomic E-state index is 0.122. The van der Waals surface area contributed by atoms with Gasteiger partial charge in [-0.25, -0.2) is 14.6 Å². The third kappa shape index (κ3) is 4.54. The number of aryl methyl sites for hydroxylation is 1. The average molecular weight is 600 g/mol. The number of aromatic nitrogens is 5. The fraction of sp³-hybridized carbons (Fsp3) is 0.576. The highest BCUT2D eigenvalue weighted by atomic mass is 16.5. The molecule has 1 fully saturated rings. The maximum Gasteiger partial charge on any atom is 0.186 e. The quantitative estimate of drug-likeness (QED) is 0.271. The average Bonchev–Trinajstić information content (AvgIpc) is 3.72. The Morgan fingerprint density at radius 1 is 1.16 bits per heavy atom. The molecule has 11 nitrogen and oxygen atoms in total. The number of benzene rings is 1.